The van der Waals surface area contributed by atoms with Gasteiger partial charge in [0, 0.05) is 5.57 Å². The minimum atomic E-state index is -0.383. The molecule has 1 aliphatic carbocycles. The average molecular weight is 250 g/mol. The minimum absolute atomic E-state index is 0.383. The molecule has 0 N–H and O–H groups in total. The molecule has 0 spiro atoms. The first kappa shape index (κ1) is 11.7. The van der Waals surface area contributed by atoms with Crippen LogP contribution in [0.25, 0.3) is 11.1 Å². The van der Waals surface area contributed by atoms with Crippen LogP contribution in [0, 0.1) is 0 Å². The molecule has 0 saturated heterocycles. The van der Waals surface area contributed by atoms with Crippen molar-refractivity contribution in [3.8, 4) is 16.9 Å². The number of hydrogen-bond donors (Lipinski definition) is 0. The first-order valence-electron chi connectivity index (χ1n) is 6.24. The third-order valence-electron chi connectivity index (χ3n) is 3.33. The van der Waals surface area contributed by atoms with E-state index in [0.29, 0.717) is 11.3 Å². The summed E-state index contributed by atoms with van der Waals surface area (Å²) in [6.45, 7) is 5.23. The van der Waals surface area contributed by atoms with Crippen molar-refractivity contribution in [1.82, 2.24) is 0 Å². The highest BCUT2D eigenvalue weighted by Gasteiger charge is 2.18. The quantitative estimate of drug-likeness (QED) is 0.393. The van der Waals surface area contributed by atoms with E-state index >= 15 is 0 Å². The number of carbonyl (C=O) groups excluding carboxylic acids is 1. The molecule has 1 aliphatic rings. The molecule has 0 aromatic heterocycles. The van der Waals surface area contributed by atoms with Crippen molar-refractivity contribution in [2.24, 2.45) is 0 Å². The van der Waals surface area contributed by atoms with Crippen LogP contribution >= 0.6 is 0 Å². The molecule has 2 aromatic rings. The summed E-state index contributed by atoms with van der Waals surface area (Å²) in [6.07, 6.45) is 0.945. The highest BCUT2D eigenvalue weighted by atomic mass is 16.5. The number of carbonyl (C=O) groups is 1. The molecular formula is C17H14O2. The predicted octanol–water partition coefficient (Wildman–Crippen LogP) is 3.74. The predicted molar refractivity (Wildman–Crippen MR) is 75.1 cm³/mol. The van der Waals surface area contributed by atoms with Crippen molar-refractivity contribution in [1.29, 1.82) is 0 Å². The van der Waals surface area contributed by atoms with Gasteiger partial charge in [0.2, 0.25) is 0 Å². The van der Waals surface area contributed by atoms with Crippen LogP contribution in [-0.4, -0.2) is 5.97 Å². The smallest absolute Gasteiger partial charge is 0.338 e. The fourth-order valence-electron chi connectivity index (χ4n) is 2.36. The second kappa shape index (κ2) is 4.39. The molecule has 0 radical (unpaired) electrons. The summed E-state index contributed by atoms with van der Waals surface area (Å²) in [7, 11) is 0. The number of rotatable bonds is 2. The first-order chi connectivity index (χ1) is 9.15. The normalized spacial score (nSPS) is 11.6. The number of ether oxygens (including phenoxy) is 1. The number of esters is 1. The molecule has 0 heterocycles. The van der Waals surface area contributed by atoms with Gasteiger partial charge in [-0.1, -0.05) is 36.9 Å². The van der Waals surface area contributed by atoms with E-state index in [0.717, 1.165) is 12.0 Å². The number of benzene rings is 2. The molecule has 2 aromatic carbocycles. The van der Waals surface area contributed by atoms with Crippen LogP contribution < -0.4 is 4.74 Å². The van der Waals surface area contributed by atoms with Gasteiger partial charge in [-0.3, -0.25) is 0 Å². The second-order valence-electron chi connectivity index (χ2n) is 4.82. The van der Waals surface area contributed by atoms with Crippen molar-refractivity contribution in [3.63, 3.8) is 0 Å². The molecule has 0 amide bonds. The SMILES string of the molecule is C=C(C)C(=O)Oc1ccc2c(c1)-c1ccccc1C2. The van der Waals surface area contributed by atoms with Crippen molar-refractivity contribution in [3.05, 3.63) is 65.7 Å². The zero-order chi connectivity index (χ0) is 13.4. The average Bonchev–Trinajstić information content (AvgIpc) is 2.76. The summed E-state index contributed by atoms with van der Waals surface area (Å²) < 4.78 is 5.28. The topological polar surface area (TPSA) is 26.3 Å². The van der Waals surface area contributed by atoms with Crippen LogP contribution in [0.1, 0.15) is 18.1 Å². The molecular weight excluding hydrogens is 236 g/mol. The Kier molecular flexibility index (Phi) is 2.71. The van der Waals surface area contributed by atoms with E-state index in [4.69, 9.17) is 4.74 Å². The van der Waals surface area contributed by atoms with Crippen LogP contribution in [0.2, 0.25) is 0 Å². The van der Waals surface area contributed by atoms with Gasteiger partial charge in [-0.25, -0.2) is 4.79 Å². The Hall–Kier alpha value is -2.35. The largest absolute Gasteiger partial charge is 0.423 e. The molecule has 94 valence electrons. The Bertz CT molecular complexity index is 683. The Morgan fingerprint density at radius 3 is 2.63 bits per heavy atom. The standard InChI is InChI=1S/C17H14O2/c1-11(2)17(18)19-14-8-7-13-9-12-5-3-4-6-15(12)16(13)10-14/h3-8,10H,1,9H2,2H3. The summed E-state index contributed by atoms with van der Waals surface area (Å²) in [4.78, 5) is 11.5. The molecule has 3 rings (SSSR count). The molecule has 19 heavy (non-hydrogen) atoms. The van der Waals surface area contributed by atoms with Crippen LogP contribution in [-0.2, 0) is 11.2 Å². The van der Waals surface area contributed by atoms with Gasteiger partial charge in [-0.15, -0.1) is 0 Å². The highest BCUT2D eigenvalue weighted by molar-refractivity contribution is 5.89. The lowest BCUT2D eigenvalue weighted by Crippen LogP contribution is -2.08. The maximum absolute atomic E-state index is 11.5. The summed E-state index contributed by atoms with van der Waals surface area (Å²) in [6, 6.07) is 14.1. The third-order valence-corrected chi connectivity index (χ3v) is 3.33. The van der Waals surface area contributed by atoms with E-state index in [1.807, 2.05) is 30.3 Å². The van der Waals surface area contributed by atoms with Gasteiger partial charge in [0.25, 0.3) is 0 Å². The fraction of sp³-hybridized carbons (Fsp3) is 0.118. The van der Waals surface area contributed by atoms with Gasteiger partial charge < -0.3 is 4.74 Å². The third kappa shape index (κ3) is 2.06. The summed E-state index contributed by atoms with van der Waals surface area (Å²) in [5, 5.41) is 0. The summed E-state index contributed by atoms with van der Waals surface area (Å²) in [5.41, 5.74) is 5.38. The Labute approximate surface area is 112 Å². The van der Waals surface area contributed by atoms with Crippen molar-refractivity contribution < 1.29 is 9.53 Å². The molecule has 2 nitrogen and oxygen atoms in total. The van der Waals surface area contributed by atoms with Crippen LogP contribution in [0.4, 0.5) is 0 Å². The molecule has 0 unspecified atom stereocenters. The minimum Gasteiger partial charge on any atom is -0.423 e. The van der Waals surface area contributed by atoms with Crippen molar-refractivity contribution >= 4 is 5.97 Å². The summed E-state index contributed by atoms with van der Waals surface area (Å²) in [5.74, 6) is 0.190. The maximum atomic E-state index is 11.5. The molecule has 0 aliphatic heterocycles. The zero-order valence-electron chi connectivity index (χ0n) is 10.8. The fourth-order valence-corrected chi connectivity index (χ4v) is 2.36. The van der Waals surface area contributed by atoms with Crippen LogP contribution in [0.3, 0.4) is 0 Å². The van der Waals surface area contributed by atoms with Gasteiger partial charge >= 0.3 is 5.97 Å². The summed E-state index contributed by atoms with van der Waals surface area (Å²) >= 11 is 0. The number of fused-ring (bicyclic) bond motifs is 3. The first-order valence-corrected chi connectivity index (χ1v) is 6.24. The van der Waals surface area contributed by atoms with Gasteiger partial charge in [-0.05, 0) is 47.7 Å². The van der Waals surface area contributed by atoms with Crippen LogP contribution in [0.15, 0.2) is 54.6 Å². The van der Waals surface area contributed by atoms with Gasteiger partial charge in [0.05, 0.1) is 0 Å². The lowest BCUT2D eigenvalue weighted by Gasteiger charge is -2.06. The van der Waals surface area contributed by atoms with Crippen molar-refractivity contribution in [2.75, 3.05) is 0 Å². The molecule has 0 bridgehead atoms. The van der Waals surface area contributed by atoms with E-state index in [1.54, 1.807) is 6.92 Å². The van der Waals surface area contributed by atoms with Gasteiger partial charge in [-0.2, -0.15) is 0 Å². The zero-order valence-corrected chi connectivity index (χ0v) is 10.8. The van der Waals surface area contributed by atoms with E-state index in [9.17, 15) is 4.79 Å². The Balaban J connectivity index is 1.98. The lowest BCUT2D eigenvalue weighted by atomic mass is 10.1. The second-order valence-corrected chi connectivity index (χ2v) is 4.82. The van der Waals surface area contributed by atoms with E-state index < -0.39 is 0 Å². The Morgan fingerprint density at radius 2 is 1.84 bits per heavy atom. The molecule has 2 heteroatoms. The van der Waals surface area contributed by atoms with E-state index in [2.05, 4.69) is 18.7 Å². The highest BCUT2D eigenvalue weighted by Crippen LogP contribution is 2.38. The Morgan fingerprint density at radius 1 is 1.11 bits per heavy atom. The monoisotopic (exact) mass is 250 g/mol. The van der Waals surface area contributed by atoms with Crippen molar-refractivity contribution in [2.45, 2.75) is 13.3 Å². The number of hydrogen-bond acceptors (Lipinski definition) is 2. The van der Waals surface area contributed by atoms with Gasteiger partial charge in [0.1, 0.15) is 5.75 Å². The van der Waals surface area contributed by atoms with E-state index in [-0.39, 0.29) is 5.97 Å². The van der Waals surface area contributed by atoms with Gasteiger partial charge in [0.15, 0.2) is 0 Å². The van der Waals surface area contributed by atoms with Crippen LogP contribution in [0.5, 0.6) is 5.75 Å². The van der Waals surface area contributed by atoms with E-state index in [1.165, 1.54) is 16.7 Å². The molecule has 0 atom stereocenters. The molecule has 0 fully saturated rings. The molecule has 0 saturated carbocycles. The maximum Gasteiger partial charge on any atom is 0.338 e. The lowest BCUT2D eigenvalue weighted by molar-refractivity contribution is -0.130.